The van der Waals surface area contributed by atoms with Gasteiger partial charge in [0, 0.05) is 6.04 Å². The molecule has 3 nitrogen and oxygen atoms in total. The molecule has 0 bridgehead atoms. The minimum Gasteiger partial charge on any atom is -0.468 e. The molecule has 0 amide bonds. The van der Waals surface area contributed by atoms with Crippen molar-refractivity contribution in [2.45, 2.75) is 39.3 Å². The molecule has 0 aliphatic rings. The van der Waals surface area contributed by atoms with Crippen molar-refractivity contribution in [3.63, 3.8) is 0 Å². The Labute approximate surface area is 110 Å². The number of hydrogen-bond acceptors (Lipinski definition) is 3. The fourth-order valence-electron chi connectivity index (χ4n) is 1.71. The highest BCUT2D eigenvalue weighted by Crippen LogP contribution is 2.08. The summed E-state index contributed by atoms with van der Waals surface area (Å²) in [6.45, 7) is 6.36. The topological polar surface area (TPSA) is 38.3 Å². The predicted molar refractivity (Wildman–Crippen MR) is 73.4 cm³/mol. The Morgan fingerprint density at radius 3 is 2.33 bits per heavy atom. The predicted octanol–water partition coefficient (Wildman–Crippen LogP) is 2.40. The van der Waals surface area contributed by atoms with Gasteiger partial charge in [-0.2, -0.15) is 0 Å². The maximum absolute atomic E-state index is 11.8. The van der Waals surface area contributed by atoms with Crippen molar-refractivity contribution >= 4 is 5.97 Å². The minimum atomic E-state index is -0.283. The summed E-state index contributed by atoms with van der Waals surface area (Å²) in [5, 5.41) is 3.34. The summed E-state index contributed by atoms with van der Waals surface area (Å²) in [6.07, 6.45) is 0.657. The zero-order chi connectivity index (χ0) is 13.5. The second-order valence-electron chi connectivity index (χ2n) is 4.96. The molecule has 0 fully saturated rings. The van der Waals surface area contributed by atoms with Crippen LogP contribution in [0.1, 0.15) is 26.3 Å². The molecular weight excluding hydrogens is 226 g/mol. The van der Waals surface area contributed by atoms with Crippen molar-refractivity contribution in [2.24, 2.45) is 5.92 Å². The van der Waals surface area contributed by atoms with Crippen molar-refractivity contribution in [3.8, 4) is 0 Å². The fraction of sp³-hybridized carbons (Fsp3) is 0.533. The zero-order valence-corrected chi connectivity index (χ0v) is 11.6. The van der Waals surface area contributed by atoms with Gasteiger partial charge < -0.3 is 10.1 Å². The van der Waals surface area contributed by atoms with E-state index in [2.05, 4.69) is 26.1 Å². The number of ether oxygens (including phenoxy) is 1. The van der Waals surface area contributed by atoms with Crippen LogP contribution >= 0.6 is 0 Å². The summed E-state index contributed by atoms with van der Waals surface area (Å²) >= 11 is 0. The molecule has 0 aliphatic carbocycles. The molecule has 100 valence electrons. The Kier molecular flexibility index (Phi) is 5.86. The van der Waals surface area contributed by atoms with Gasteiger partial charge in [0.15, 0.2) is 0 Å². The highest BCUT2D eigenvalue weighted by Gasteiger charge is 2.22. The standard InChI is InChI=1S/C15H23NO2/c1-11(2)12(3)16-14(15(17)18-4)10-13-8-6-5-7-9-13/h5-9,11-12,14,16H,10H2,1-4H3/t12-,14-/m1/s1. The zero-order valence-electron chi connectivity index (χ0n) is 11.6. The van der Waals surface area contributed by atoms with Gasteiger partial charge in [0.1, 0.15) is 6.04 Å². The summed E-state index contributed by atoms with van der Waals surface area (Å²) in [7, 11) is 1.43. The molecule has 0 aromatic heterocycles. The van der Waals surface area contributed by atoms with E-state index in [0.717, 1.165) is 5.56 Å². The Hall–Kier alpha value is -1.35. The highest BCUT2D eigenvalue weighted by atomic mass is 16.5. The van der Waals surface area contributed by atoms with Crippen LogP contribution in [-0.2, 0) is 16.0 Å². The van der Waals surface area contributed by atoms with Crippen LogP contribution in [0.15, 0.2) is 30.3 Å². The van der Waals surface area contributed by atoms with Crippen molar-refractivity contribution in [1.29, 1.82) is 0 Å². The quantitative estimate of drug-likeness (QED) is 0.787. The second kappa shape index (κ2) is 7.17. The molecule has 1 aromatic carbocycles. The maximum Gasteiger partial charge on any atom is 0.323 e. The molecule has 18 heavy (non-hydrogen) atoms. The monoisotopic (exact) mass is 249 g/mol. The summed E-state index contributed by atoms with van der Waals surface area (Å²) in [5.41, 5.74) is 1.14. The van der Waals surface area contributed by atoms with E-state index in [4.69, 9.17) is 4.74 Å². The van der Waals surface area contributed by atoms with E-state index in [1.807, 2.05) is 30.3 Å². The first-order valence-corrected chi connectivity index (χ1v) is 6.42. The van der Waals surface area contributed by atoms with Gasteiger partial charge in [0.2, 0.25) is 0 Å². The van der Waals surface area contributed by atoms with Crippen LogP contribution in [0, 0.1) is 5.92 Å². The van der Waals surface area contributed by atoms with Gasteiger partial charge in [-0.3, -0.25) is 4.79 Å². The smallest absolute Gasteiger partial charge is 0.323 e. The Bertz CT molecular complexity index is 362. The van der Waals surface area contributed by atoms with E-state index < -0.39 is 0 Å². The molecular formula is C15H23NO2. The molecule has 1 rings (SSSR count). The van der Waals surface area contributed by atoms with E-state index in [0.29, 0.717) is 12.3 Å². The maximum atomic E-state index is 11.8. The Morgan fingerprint density at radius 1 is 1.22 bits per heavy atom. The number of hydrogen-bond donors (Lipinski definition) is 1. The van der Waals surface area contributed by atoms with Crippen LogP contribution in [-0.4, -0.2) is 25.2 Å². The number of nitrogens with one attached hydrogen (secondary N) is 1. The molecule has 0 unspecified atom stereocenters. The van der Waals surface area contributed by atoms with Gasteiger partial charge in [0.25, 0.3) is 0 Å². The third kappa shape index (κ3) is 4.49. The molecule has 2 atom stereocenters. The molecule has 3 heteroatoms. The molecule has 0 saturated heterocycles. The number of rotatable bonds is 6. The molecule has 0 spiro atoms. The van der Waals surface area contributed by atoms with Crippen LogP contribution < -0.4 is 5.32 Å². The lowest BCUT2D eigenvalue weighted by molar-refractivity contribution is -0.143. The number of methoxy groups -OCH3 is 1. The van der Waals surface area contributed by atoms with E-state index in [9.17, 15) is 4.79 Å². The highest BCUT2D eigenvalue weighted by molar-refractivity contribution is 5.76. The third-order valence-electron chi connectivity index (χ3n) is 3.23. The third-order valence-corrected chi connectivity index (χ3v) is 3.23. The molecule has 0 radical (unpaired) electrons. The first-order valence-electron chi connectivity index (χ1n) is 6.42. The van der Waals surface area contributed by atoms with Crippen LogP contribution in [0.4, 0.5) is 0 Å². The number of esters is 1. The lowest BCUT2D eigenvalue weighted by Gasteiger charge is -2.24. The van der Waals surface area contributed by atoms with Crippen LogP contribution in [0.5, 0.6) is 0 Å². The van der Waals surface area contributed by atoms with Crippen LogP contribution in [0.2, 0.25) is 0 Å². The second-order valence-corrected chi connectivity index (χ2v) is 4.96. The van der Waals surface area contributed by atoms with E-state index in [1.54, 1.807) is 0 Å². The average molecular weight is 249 g/mol. The number of benzene rings is 1. The van der Waals surface area contributed by atoms with Crippen LogP contribution in [0.25, 0.3) is 0 Å². The van der Waals surface area contributed by atoms with Gasteiger partial charge in [-0.25, -0.2) is 0 Å². The summed E-state index contributed by atoms with van der Waals surface area (Å²) in [5.74, 6) is 0.277. The van der Waals surface area contributed by atoms with Crippen LogP contribution in [0.3, 0.4) is 0 Å². The van der Waals surface area contributed by atoms with Crippen molar-refractivity contribution in [1.82, 2.24) is 5.32 Å². The summed E-state index contributed by atoms with van der Waals surface area (Å²) in [4.78, 5) is 11.8. The molecule has 0 saturated carbocycles. The number of carbonyl (C=O) groups excluding carboxylic acids is 1. The van der Waals surface area contributed by atoms with Gasteiger partial charge in [-0.1, -0.05) is 44.2 Å². The lowest BCUT2D eigenvalue weighted by Crippen LogP contribution is -2.46. The first kappa shape index (κ1) is 14.7. The van der Waals surface area contributed by atoms with Gasteiger partial charge in [-0.05, 0) is 24.8 Å². The SMILES string of the molecule is COC(=O)[C@@H](Cc1ccccc1)N[C@H](C)C(C)C. The molecule has 1 N–H and O–H groups in total. The van der Waals surface area contributed by atoms with Gasteiger partial charge >= 0.3 is 5.97 Å². The van der Waals surface area contributed by atoms with Gasteiger partial charge in [0.05, 0.1) is 7.11 Å². The molecule has 1 aromatic rings. The summed E-state index contributed by atoms with van der Waals surface area (Å²) < 4.78 is 4.86. The average Bonchev–Trinajstić information content (AvgIpc) is 2.38. The van der Waals surface area contributed by atoms with Crippen molar-refractivity contribution in [2.75, 3.05) is 7.11 Å². The fourth-order valence-corrected chi connectivity index (χ4v) is 1.71. The minimum absolute atomic E-state index is 0.202. The van der Waals surface area contributed by atoms with E-state index in [-0.39, 0.29) is 18.1 Å². The lowest BCUT2D eigenvalue weighted by atomic mass is 10.0. The Balaban J connectivity index is 2.70. The molecule has 0 aliphatic heterocycles. The van der Waals surface area contributed by atoms with Gasteiger partial charge in [-0.15, -0.1) is 0 Å². The van der Waals surface area contributed by atoms with Crippen molar-refractivity contribution in [3.05, 3.63) is 35.9 Å². The number of carbonyl (C=O) groups is 1. The largest absolute Gasteiger partial charge is 0.468 e. The summed E-state index contributed by atoms with van der Waals surface area (Å²) in [6, 6.07) is 9.98. The van der Waals surface area contributed by atoms with Crippen molar-refractivity contribution < 1.29 is 9.53 Å². The van der Waals surface area contributed by atoms with E-state index in [1.165, 1.54) is 7.11 Å². The van der Waals surface area contributed by atoms with E-state index >= 15 is 0 Å². The molecule has 0 heterocycles. The first-order chi connectivity index (χ1) is 8.54. The Morgan fingerprint density at radius 2 is 1.83 bits per heavy atom. The normalized spacial score (nSPS) is 14.3.